The summed E-state index contributed by atoms with van der Waals surface area (Å²) in [5, 5.41) is 5.32. The molecule has 23 heavy (non-hydrogen) atoms. The van der Waals surface area contributed by atoms with Crippen LogP contribution < -0.4 is 10.6 Å². The Morgan fingerprint density at radius 2 is 1.91 bits per heavy atom. The van der Waals surface area contributed by atoms with Crippen LogP contribution in [-0.2, 0) is 4.74 Å². The molecule has 0 spiro atoms. The average molecular weight is 331 g/mol. The number of anilines is 1. The van der Waals surface area contributed by atoms with Crippen LogP contribution in [0.1, 0.15) is 5.56 Å². The number of nitrogens with zero attached hydrogens (tertiary/aromatic N) is 1. The zero-order valence-electron chi connectivity index (χ0n) is 12.2. The van der Waals surface area contributed by atoms with Gasteiger partial charge in [-0.25, -0.2) is 9.18 Å². The molecule has 0 saturated heterocycles. The smallest absolute Gasteiger partial charge is 0.413 e. The maximum Gasteiger partial charge on any atom is 0.413 e. The summed E-state index contributed by atoms with van der Waals surface area (Å²) < 4.78 is 17.3. The first-order valence-corrected chi connectivity index (χ1v) is 7.04. The SMILES string of the molecule is COC(=O)NC(=S)Nc1ccccc1/N=C/c1ccc(F)cc1. The van der Waals surface area contributed by atoms with Crippen molar-refractivity contribution in [2.24, 2.45) is 4.99 Å². The lowest BCUT2D eigenvalue weighted by Gasteiger charge is -2.10. The zero-order chi connectivity index (χ0) is 16.7. The van der Waals surface area contributed by atoms with Gasteiger partial charge in [0.15, 0.2) is 5.11 Å². The highest BCUT2D eigenvalue weighted by atomic mass is 32.1. The van der Waals surface area contributed by atoms with Gasteiger partial charge in [-0.15, -0.1) is 0 Å². The Hall–Kier alpha value is -2.80. The van der Waals surface area contributed by atoms with Gasteiger partial charge < -0.3 is 10.1 Å². The van der Waals surface area contributed by atoms with Crippen LogP contribution in [0.2, 0.25) is 0 Å². The highest BCUT2D eigenvalue weighted by Gasteiger charge is 2.06. The van der Waals surface area contributed by atoms with Crippen molar-refractivity contribution in [2.75, 3.05) is 12.4 Å². The fraction of sp³-hybridized carbons (Fsp3) is 0.0625. The van der Waals surface area contributed by atoms with Crippen LogP contribution in [0.15, 0.2) is 53.5 Å². The van der Waals surface area contributed by atoms with Gasteiger partial charge in [0, 0.05) is 6.21 Å². The number of carbonyl (C=O) groups is 1. The molecule has 2 N–H and O–H groups in total. The van der Waals surface area contributed by atoms with Crippen molar-refractivity contribution < 1.29 is 13.9 Å². The number of benzene rings is 2. The lowest BCUT2D eigenvalue weighted by molar-refractivity contribution is 0.177. The van der Waals surface area contributed by atoms with Crippen molar-refractivity contribution in [2.45, 2.75) is 0 Å². The first-order valence-electron chi connectivity index (χ1n) is 6.63. The van der Waals surface area contributed by atoms with Crippen LogP contribution in [0, 0.1) is 5.82 Å². The van der Waals surface area contributed by atoms with Crippen LogP contribution in [-0.4, -0.2) is 24.5 Å². The molecule has 0 aliphatic carbocycles. The van der Waals surface area contributed by atoms with Gasteiger partial charge in [-0.05, 0) is 42.0 Å². The van der Waals surface area contributed by atoms with Crippen LogP contribution in [0.3, 0.4) is 0 Å². The Bertz CT molecular complexity index is 732. The molecule has 0 heterocycles. The molecule has 118 valence electrons. The largest absolute Gasteiger partial charge is 0.453 e. The monoisotopic (exact) mass is 331 g/mol. The second kappa shape index (κ2) is 8.00. The van der Waals surface area contributed by atoms with E-state index in [-0.39, 0.29) is 10.9 Å². The highest BCUT2D eigenvalue weighted by Crippen LogP contribution is 2.24. The molecule has 2 rings (SSSR count). The summed E-state index contributed by atoms with van der Waals surface area (Å²) in [6, 6.07) is 13.1. The Labute approximate surface area is 138 Å². The molecule has 2 aromatic rings. The van der Waals surface area contributed by atoms with Crippen LogP contribution >= 0.6 is 12.2 Å². The maximum absolute atomic E-state index is 12.9. The van der Waals surface area contributed by atoms with Crippen LogP contribution in [0.4, 0.5) is 20.6 Å². The van der Waals surface area contributed by atoms with E-state index in [0.717, 1.165) is 5.56 Å². The minimum Gasteiger partial charge on any atom is -0.453 e. The van der Waals surface area contributed by atoms with E-state index in [0.29, 0.717) is 11.4 Å². The topological polar surface area (TPSA) is 62.7 Å². The molecule has 0 aliphatic heterocycles. The number of aliphatic imine (C=N–C) groups is 1. The third kappa shape index (κ3) is 5.15. The summed E-state index contributed by atoms with van der Waals surface area (Å²) in [6.45, 7) is 0. The fourth-order valence-electron chi connectivity index (χ4n) is 1.68. The van der Waals surface area contributed by atoms with E-state index in [1.165, 1.54) is 19.2 Å². The molecule has 0 bridgehead atoms. The molecule has 7 heteroatoms. The van der Waals surface area contributed by atoms with Crippen molar-refractivity contribution in [1.82, 2.24) is 5.32 Å². The zero-order valence-corrected chi connectivity index (χ0v) is 13.1. The third-order valence-electron chi connectivity index (χ3n) is 2.78. The number of thiocarbonyl (C=S) groups is 1. The first kappa shape index (κ1) is 16.6. The molecule has 0 saturated carbocycles. The van der Waals surface area contributed by atoms with Crippen LogP contribution in [0.5, 0.6) is 0 Å². The van der Waals surface area contributed by atoms with Gasteiger partial charge in [0.1, 0.15) is 5.82 Å². The van der Waals surface area contributed by atoms with Gasteiger partial charge in [0.05, 0.1) is 18.5 Å². The lowest BCUT2D eigenvalue weighted by atomic mass is 10.2. The highest BCUT2D eigenvalue weighted by molar-refractivity contribution is 7.80. The summed E-state index contributed by atoms with van der Waals surface area (Å²) in [5.41, 5.74) is 1.99. The van der Waals surface area contributed by atoms with Gasteiger partial charge in [-0.3, -0.25) is 10.3 Å². The predicted octanol–water partition coefficient (Wildman–Crippen LogP) is 3.63. The number of alkyl carbamates (subject to hydrolysis) is 1. The first-order chi connectivity index (χ1) is 11.1. The summed E-state index contributed by atoms with van der Waals surface area (Å²) in [5.74, 6) is -0.302. The van der Waals surface area contributed by atoms with E-state index in [2.05, 4.69) is 20.4 Å². The number of halogens is 1. The summed E-state index contributed by atoms with van der Waals surface area (Å²) in [6.07, 6.45) is 0.950. The number of ether oxygens (including phenoxy) is 1. The number of carbonyl (C=O) groups excluding carboxylic acids is 1. The standard InChI is InChI=1S/C16H14FN3O2S/c1-22-16(21)20-15(23)19-14-5-3-2-4-13(14)18-10-11-6-8-12(17)9-7-11/h2-10H,1H3,(H2,19,20,21,23)/b18-10+. The Morgan fingerprint density at radius 3 is 2.61 bits per heavy atom. The number of methoxy groups -OCH3 is 1. The molecular formula is C16H14FN3O2S. The minimum atomic E-state index is -0.658. The Kier molecular flexibility index (Phi) is 5.76. The molecule has 0 fully saturated rings. The van der Waals surface area contributed by atoms with Gasteiger partial charge in [0.25, 0.3) is 0 Å². The number of hydrogen-bond donors (Lipinski definition) is 2. The molecule has 2 aromatic carbocycles. The quantitative estimate of drug-likeness (QED) is 0.666. The maximum atomic E-state index is 12.9. The third-order valence-corrected chi connectivity index (χ3v) is 2.98. The summed E-state index contributed by atoms with van der Waals surface area (Å²) >= 11 is 5.01. The van der Waals surface area contributed by atoms with Crippen molar-refractivity contribution >= 4 is 41.0 Å². The van der Waals surface area contributed by atoms with Crippen molar-refractivity contribution in [3.8, 4) is 0 Å². The molecule has 1 amide bonds. The summed E-state index contributed by atoms with van der Waals surface area (Å²) in [4.78, 5) is 15.5. The lowest BCUT2D eigenvalue weighted by Crippen LogP contribution is -2.33. The summed E-state index contributed by atoms with van der Waals surface area (Å²) in [7, 11) is 1.25. The van der Waals surface area contributed by atoms with Crippen molar-refractivity contribution in [3.05, 3.63) is 59.9 Å². The van der Waals surface area contributed by atoms with Gasteiger partial charge in [-0.1, -0.05) is 24.3 Å². The van der Waals surface area contributed by atoms with E-state index >= 15 is 0 Å². The van der Waals surface area contributed by atoms with E-state index in [1.54, 1.807) is 36.5 Å². The molecular weight excluding hydrogens is 317 g/mol. The fourth-order valence-corrected chi connectivity index (χ4v) is 1.88. The molecule has 0 atom stereocenters. The van der Waals surface area contributed by atoms with E-state index in [1.807, 2.05) is 6.07 Å². The van der Waals surface area contributed by atoms with Crippen molar-refractivity contribution in [1.29, 1.82) is 0 Å². The minimum absolute atomic E-state index is 0.0984. The average Bonchev–Trinajstić information content (AvgIpc) is 2.55. The number of hydrogen-bond acceptors (Lipinski definition) is 4. The molecule has 5 nitrogen and oxygen atoms in total. The molecule has 0 aliphatic rings. The molecule has 0 radical (unpaired) electrons. The van der Waals surface area contributed by atoms with E-state index in [4.69, 9.17) is 12.2 Å². The Balaban J connectivity index is 2.12. The van der Waals surface area contributed by atoms with Gasteiger partial charge in [0.2, 0.25) is 0 Å². The van der Waals surface area contributed by atoms with Crippen molar-refractivity contribution in [3.63, 3.8) is 0 Å². The van der Waals surface area contributed by atoms with Gasteiger partial charge in [-0.2, -0.15) is 0 Å². The number of rotatable bonds is 3. The number of para-hydroxylation sites is 2. The number of amides is 1. The van der Waals surface area contributed by atoms with E-state index in [9.17, 15) is 9.18 Å². The number of nitrogens with one attached hydrogen (secondary N) is 2. The van der Waals surface area contributed by atoms with E-state index < -0.39 is 6.09 Å². The van der Waals surface area contributed by atoms with Gasteiger partial charge >= 0.3 is 6.09 Å². The normalized spacial score (nSPS) is 10.3. The molecule has 0 unspecified atom stereocenters. The second-order valence-electron chi connectivity index (χ2n) is 4.40. The van der Waals surface area contributed by atoms with Crippen LogP contribution in [0.25, 0.3) is 0 Å². The predicted molar refractivity (Wildman–Crippen MR) is 91.9 cm³/mol. The molecule has 0 aromatic heterocycles. The Morgan fingerprint density at radius 1 is 1.22 bits per heavy atom. The second-order valence-corrected chi connectivity index (χ2v) is 4.81.